The van der Waals surface area contributed by atoms with E-state index in [0.29, 0.717) is 34.0 Å². The predicted molar refractivity (Wildman–Crippen MR) is 117 cm³/mol. The Morgan fingerprint density at radius 2 is 1.87 bits per heavy atom. The first-order valence-electron chi connectivity index (χ1n) is 9.46. The van der Waals surface area contributed by atoms with Crippen LogP contribution in [-0.4, -0.2) is 26.3 Å². The van der Waals surface area contributed by atoms with Gasteiger partial charge in [-0.3, -0.25) is 4.79 Å². The third-order valence-corrected chi connectivity index (χ3v) is 6.31. The third-order valence-electron chi connectivity index (χ3n) is 4.38. The van der Waals surface area contributed by atoms with E-state index in [1.54, 1.807) is 0 Å². The van der Waals surface area contributed by atoms with Gasteiger partial charge in [0, 0.05) is 12.1 Å². The van der Waals surface area contributed by atoms with Gasteiger partial charge in [-0.1, -0.05) is 60.4 Å². The molecule has 158 valence electrons. The molecule has 0 spiro atoms. The molecule has 0 bridgehead atoms. The number of carbonyl (C=O) groups is 1. The Labute approximate surface area is 186 Å². The van der Waals surface area contributed by atoms with Crippen LogP contribution in [0, 0.1) is 5.82 Å². The fourth-order valence-corrected chi connectivity index (χ4v) is 4.29. The largest absolute Gasteiger partial charge is 0.416 e. The Kier molecular flexibility index (Phi) is 6.68. The van der Waals surface area contributed by atoms with Gasteiger partial charge in [0.05, 0.1) is 5.75 Å². The zero-order chi connectivity index (χ0) is 21.6. The number of nitrogens with one attached hydrogen (secondary N) is 1. The Hall–Kier alpha value is -3.11. The Morgan fingerprint density at radius 3 is 2.65 bits per heavy atom. The molecule has 1 atom stereocenters. The van der Waals surface area contributed by atoms with Crippen molar-refractivity contribution >= 4 is 34.7 Å². The standard InChI is InChI=1S/C21H18FN5O2S2/c1-13(14-5-3-2-4-6-14)11-17-24-27-21(29-17)30-12-18-25-26-20(31-18)19(28)23-16-9-7-15(22)8-10-16/h2-10,13H,11-12H2,1H3,(H,23,28). The van der Waals surface area contributed by atoms with Crippen LogP contribution in [0.2, 0.25) is 0 Å². The summed E-state index contributed by atoms with van der Waals surface area (Å²) in [6.45, 7) is 2.12. The molecule has 31 heavy (non-hydrogen) atoms. The number of hydrogen-bond donors (Lipinski definition) is 1. The summed E-state index contributed by atoms with van der Waals surface area (Å²) in [6.07, 6.45) is 0.657. The van der Waals surface area contributed by atoms with E-state index in [-0.39, 0.29) is 16.7 Å². The number of nitrogens with zero attached hydrogens (tertiary/aromatic N) is 4. The third kappa shape index (κ3) is 5.74. The summed E-state index contributed by atoms with van der Waals surface area (Å²) < 4.78 is 18.7. The zero-order valence-electron chi connectivity index (χ0n) is 16.5. The highest BCUT2D eigenvalue weighted by Crippen LogP contribution is 2.26. The van der Waals surface area contributed by atoms with Crippen LogP contribution >= 0.6 is 23.1 Å². The molecule has 2 aromatic carbocycles. The minimum Gasteiger partial charge on any atom is -0.416 e. The summed E-state index contributed by atoms with van der Waals surface area (Å²) in [5.74, 6) is 0.541. The average molecular weight is 456 g/mol. The fraction of sp³-hybridized carbons (Fsp3) is 0.190. The first-order chi connectivity index (χ1) is 15.1. The normalized spacial score (nSPS) is 11.9. The minimum atomic E-state index is -0.393. The molecule has 0 saturated carbocycles. The lowest BCUT2D eigenvalue weighted by molar-refractivity contribution is 0.102. The van der Waals surface area contributed by atoms with Gasteiger partial charge in [-0.15, -0.1) is 20.4 Å². The number of benzene rings is 2. The second-order valence-electron chi connectivity index (χ2n) is 6.73. The van der Waals surface area contributed by atoms with Gasteiger partial charge in [-0.05, 0) is 35.7 Å². The van der Waals surface area contributed by atoms with Crippen molar-refractivity contribution in [2.45, 2.75) is 30.2 Å². The van der Waals surface area contributed by atoms with Gasteiger partial charge in [0.25, 0.3) is 11.1 Å². The Morgan fingerprint density at radius 1 is 1.10 bits per heavy atom. The lowest BCUT2D eigenvalue weighted by atomic mass is 9.98. The number of halogens is 1. The molecule has 4 aromatic rings. The number of rotatable bonds is 8. The van der Waals surface area contributed by atoms with Crippen LogP contribution < -0.4 is 5.32 Å². The van der Waals surface area contributed by atoms with Crippen LogP contribution in [0.1, 0.15) is 39.1 Å². The van der Waals surface area contributed by atoms with Crippen molar-refractivity contribution in [1.82, 2.24) is 20.4 Å². The van der Waals surface area contributed by atoms with Crippen LogP contribution in [0.25, 0.3) is 0 Å². The average Bonchev–Trinajstić information content (AvgIpc) is 3.44. The van der Waals surface area contributed by atoms with E-state index in [9.17, 15) is 9.18 Å². The molecule has 4 rings (SSSR count). The molecule has 0 aliphatic heterocycles. The van der Waals surface area contributed by atoms with Crippen LogP contribution in [0.4, 0.5) is 10.1 Å². The molecule has 0 radical (unpaired) electrons. The van der Waals surface area contributed by atoms with Crippen LogP contribution in [-0.2, 0) is 12.2 Å². The van der Waals surface area contributed by atoms with Gasteiger partial charge in [-0.2, -0.15) is 0 Å². The maximum atomic E-state index is 13.0. The molecule has 0 aliphatic rings. The smallest absolute Gasteiger partial charge is 0.286 e. The number of aromatic nitrogens is 4. The number of hydrogen-bond acceptors (Lipinski definition) is 8. The summed E-state index contributed by atoms with van der Waals surface area (Å²) in [5.41, 5.74) is 1.70. The molecule has 0 fully saturated rings. The topological polar surface area (TPSA) is 93.8 Å². The quantitative estimate of drug-likeness (QED) is 0.376. The molecule has 7 nitrogen and oxygen atoms in total. The highest BCUT2D eigenvalue weighted by molar-refractivity contribution is 7.98. The maximum Gasteiger partial charge on any atom is 0.286 e. The highest BCUT2D eigenvalue weighted by atomic mass is 32.2. The summed E-state index contributed by atoms with van der Waals surface area (Å²) in [6, 6.07) is 15.7. The van der Waals surface area contributed by atoms with Crippen molar-refractivity contribution in [2.24, 2.45) is 0 Å². The van der Waals surface area contributed by atoms with Crippen LogP contribution in [0.3, 0.4) is 0 Å². The summed E-state index contributed by atoms with van der Waals surface area (Å²) >= 11 is 2.52. The number of amides is 1. The first kappa shape index (κ1) is 21.1. The molecule has 10 heteroatoms. The van der Waals surface area contributed by atoms with Crippen molar-refractivity contribution in [3.8, 4) is 0 Å². The van der Waals surface area contributed by atoms with Crippen LogP contribution in [0.5, 0.6) is 0 Å². The summed E-state index contributed by atoms with van der Waals surface area (Å²) in [7, 11) is 0. The van der Waals surface area contributed by atoms with E-state index < -0.39 is 5.91 Å². The number of anilines is 1. The van der Waals surface area contributed by atoms with E-state index in [1.165, 1.54) is 52.9 Å². The number of carbonyl (C=O) groups excluding carboxylic acids is 1. The SMILES string of the molecule is CC(Cc1nnc(SCc2nnc(C(=O)Nc3ccc(F)cc3)s2)o1)c1ccccc1. The highest BCUT2D eigenvalue weighted by Gasteiger charge is 2.16. The molecule has 2 aromatic heterocycles. The lowest BCUT2D eigenvalue weighted by Crippen LogP contribution is -2.11. The molecular weight excluding hydrogens is 437 g/mol. The van der Waals surface area contributed by atoms with Gasteiger partial charge in [0.1, 0.15) is 10.8 Å². The zero-order valence-corrected chi connectivity index (χ0v) is 18.1. The lowest BCUT2D eigenvalue weighted by Gasteiger charge is -2.08. The maximum absolute atomic E-state index is 13.0. The molecular formula is C21H18FN5O2S2. The van der Waals surface area contributed by atoms with E-state index in [0.717, 1.165) is 0 Å². The van der Waals surface area contributed by atoms with Crippen molar-refractivity contribution in [1.29, 1.82) is 0 Å². The van der Waals surface area contributed by atoms with E-state index >= 15 is 0 Å². The molecule has 1 amide bonds. The molecule has 0 aliphatic carbocycles. The van der Waals surface area contributed by atoms with E-state index in [4.69, 9.17) is 4.42 Å². The molecule has 1 unspecified atom stereocenters. The van der Waals surface area contributed by atoms with Gasteiger partial charge >= 0.3 is 0 Å². The molecule has 0 saturated heterocycles. The van der Waals surface area contributed by atoms with Crippen molar-refractivity contribution < 1.29 is 13.6 Å². The van der Waals surface area contributed by atoms with Crippen molar-refractivity contribution in [3.63, 3.8) is 0 Å². The van der Waals surface area contributed by atoms with Gasteiger partial charge in [-0.25, -0.2) is 4.39 Å². The number of thioether (sulfide) groups is 1. The van der Waals surface area contributed by atoms with Crippen LogP contribution in [0.15, 0.2) is 64.2 Å². The van der Waals surface area contributed by atoms with Gasteiger partial charge < -0.3 is 9.73 Å². The molecule has 2 heterocycles. The van der Waals surface area contributed by atoms with Gasteiger partial charge in [0.2, 0.25) is 10.9 Å². The summed E-state index contributed by atoms with van der Waals surface area (Å²) in [4.78, 5) is 12.3. The summed E-state index contributed by atoms with van der Waals surface area (Å²) in [5, 5.41) is 20.2. The first-order valence-corrected chi connectivity index (χ1v) is 11.3. The minimum absolute atomic E-state index is 0.225. The Bertz CT molecular complexity index is 1150. The van der Waals surface area contributed by atoms with E-state index in [2.05, 4.69) is 44.8 Å². The van der Waals surface area contributed by atoms with Crippen molar-refractivity contribution in [2.75, 3.05) is 5.32 Å². The Balaban J connectivity index is 1.29. The molecule has 1 N–H and O–H groups in total. The van der Waals surface area contributed by atoms with E-state index in [1.807, 2.05) is 18.2 Å². The van der Waals surface area contributed by atoms with Gasteiger partial charge in [0.15, 0.2) is 0 Å². The fourth-order valence-electron chi connectivity index (χ4n) is 2.79. The predicted octanol–water partition coefficient (Wildman–Crippen LogP) is 4.95. The monoisotopic (exact) mass is 455 g/mol. The van der Waals surface area contributed by atoms with Crippen molar-refractivity contribution in [3.05, 3.63) is 81.9 Å². The second kappa shape index (κ2) is 9.80. The second-order valence-corrected chi connectivity index (χ2v) is 8.72.